The van der Waals surface area contributed by atoms with Gasteiger partial charge in [0.2, 0.25) is 11.8 Å². The number of rotatable bonds is 3. The highest BCUT2D eigenvalue weighted by molar-refractivity contribution is 5.86. The van der Waals surface area contributed by atoms with Gasteiger partial charge in [-0.3, -0.25) is 23.9 Å². The van der Waals surface area contributed by atoms with E-state index >= 15 is 0 Å². The van der Waals surface area contributed by atoms with Crippen LogP contribution in [-0.2, 0) is 71.5 Å². The third kappa shape index (κ3) is 26.1. The summed E-state index contributed by atoms with van der Waals surface area (Å²) in [5.41, 5.74) is 33.1. The van der Waals surface area contributed by atoms with Crippen molar-refractivity contribution in [1.29, 1.82) is 0 Å². The number of amides is 2. The lowest BCUT2D eigenvalue weighted by Crippen LogP contribution is -2.39. The molecule has 22 nitrogen and oxygen atoms in total. The summed E-state index contributed by atoms with van der Waals surface area (Å²) in [6.07, 6.45) is 25.6. The van der Waals surface area contributed by atoms with Crippen molar-refractivity contribution in [2.75, 3.05) is 184 Å². The number of carboxylic acids is 2. The molecule has 28 rings (SSSR count). The van der Waals surface area contributed by atoms with E-state index in [1.165, 1.54) is 257 Å². The topological polar surface area (TPSA) is 231 Å². The molecule has 6 unspecified atom stereocenters. The number of nitrogens with zero attached hydrogens (tertiary/aromatic N) is 8. The number of hydrogen-bond acceptors (Lipinski definition) is 18. The van der Waals surface area contributed by atoms with Gasteiger partial charge < -0.3 is 91.9 Å². The van der Waals surface area contributed by atoms with Crippen molar-refractivity contribution in [3.05, 3.63) is 236 Å². The maximum Gasteiger partial charge on any atom is 0.307 e. The van der Waals surface area contributed by atoms with E-state index in [-0.39, 0.29) is 85.9 Å². The van der Waals surface area contributed by atoms with Crippen LogP contribution >= 0.6 is 37.2 Å². The Morgan fingerprint density at radius 1 is 0.284 bits per heavy atom. The van der Waals surface area contributed by atoms with Crippen molar-refractivity contribution in [3.8, 4) is 0 Å². The number of halogens is 4. The maximum atomic E-state index is 11.8. The molecule has 14 heterocycles. The quantitative estimate of drug-likeness (QED) is 0.0741. The van der Waals surface area contributed by atoms with Crippen molar-refractivity contribution in [2.24, 2.45) is 47.3 Å². The number of fused-ring (bicyclic) bond motifs is 14. The Morgan fingerprint density at radius 2 is 0.520 bits per heavy atom. The van der Waals surface area contributed by atoms with Crippen LogP contribution in [0.5, 0.6) is 0 Å². The first-order valence-corrected chi connectivity index (χ1v) is 54.7. The van der Waals surface area contributed by atoms with E-state index in [0.717, 1.165) is 201 Å². The standard InChI is InChI=1S/C17H22N2O.5C15H20N2.C11H14N2O.C9H12N2.C6H10O4.3CH4.B.3ClH.FH.H2/c1-12(20)18-8-9-19-10-13-4-2-6-15(13)16-7-3-5-14(11-18)17(16)19;5*1-3-11-9-16-7-8-17-10-12-4-2-5-13(12)14(6-1)15(11)17;1-9(14)13-7-6-12-11-5-3-2-4-10(11)8-13;1-2-4-9-8(3-1)7-10-5-6-11-9;1-3(5(7)8)4(2)6(9)10;;;;;;;;;/h3,5,7,13,15H,2,4,6,8-11H2,1H3;5*1,3,6,12-13,16H,2,4-5,7-10H2;2-5,12H,6-8H2,1H3;1-4,10-11H,5-7H2;3-4H,1-2H3,(H,7,8)(H,9,10);3*1H4;;5*1H/t;3*12-,13-;;;;;3-,4-;;;;;;;;;/m.000....1........./s1/i;;;;;;;;;;;;;;;;;1+1. The van der Waals surface area contributed by atoms with Crippen LogP contribution in [0, 0.1) is 47.3 Å². The minimum absolute atomic E-state index is 0. The van der Waals surface area contributed by atoms with Crippen molar-refractivity contribution in [2.45, 2.75) is 253 Å². The molecule has 8 aromatic carbocycles. The Morgan fingerprint density at radius 3 is 0.824 bits per heavy atom. The fourth-order valence-corrected chi connectivity index (χ4v) is 28.5. The minimum atomic E-state index is -1.07. The first kappa shape index (κ1) is 117. The number of anilines is 8. The number of carboxylic acid groups (broad SMARTS) is 2. The van der Waals surface area contributed by atoms with E-state index in [0.29, 0.717) is 0 Å². The lowest BCUT2D eigenvalue weighted by molar-refractivity contribution is -0.152. The molecule has 0 spiro atoms. The van der Waals surface area contributed by atoms with Gasteiger partial charge in [0, 0.05) is 266 Å². The summed E-state index contributed by atoms with van der Waals surface area (Å²) in [4.78, 5) is 63.0. The number of benzene rings is 8. The first-order chi connectivity index (χ1) is 68.6. The van der Waals surface area contributed by atoms with Crippen LogP contribution < -0.4 is 71.9 Å². The molecule has 2 amide bonds. The summed E-state index contributed by atoms with van der Waals surface area (Å²) in [5.74, 6) is 7.09. The van der Waals surface area contributed by atoms with Gasteiger partial charge in [0.15, 0.2) is 0 Å². The summed E-state index contributed by atoms with van der Waals surface area (Å²) in [6, 6.07) is 58.1. The van der Waals surface area contributed by atoms with Gasteiger partial charge in [-0.25, -0.2) is 0 Å². The lowest BCUT2D eigenvalue weighted by atomic mass is 9.82. The Balaban J connectivity index is 0.000000159. The maximum absolute atomic E-state index is 11.8. The van der Waals surface area contributed by atoms with E-state index in [4.69, 9.17) is 10.2 Å². The molecule has 27 heteroatoms. The molecule has 10 N–H and O–H groups in total. The van der Waals surface area contributed by atoms with Crippen molar-refractivity contribution >= 4 is 115 Å². The van der Waals surface area contributed by atoms with Crippen LogP contribution in [0.25, 0.3) is 0 Å². The van der Waals surface area contributed by atoms with Crippen LogP contribution in [0.1, 0.15) is 280 Å². The van der Waals surface area contributed by atoms with E-state index in [9.17, 15) is 19.2 Å². The van der Waals surface area contributed by atoms with Gasteiger partial charge in [0.25, 0.3) is 0 Å². The smallest absolute Gasteiger partial charge is 0.307 e. The number of aliphatic carboxylic acids is 2. The second kappa shape index (κ2) is 54.8. The largest absolute Gasteiger partial charge is 0.481 e. The highest BCUT2D eigenvalue weighted by atomic mass is 35.5. The average molecular weight is 2090 g/mol. The number of hydrogen-bond donors (Lipinski definition) is 10. The molecule has 20 aliphatic rings. The third-order valence-electron chi connectivity index (χ3n) is 35.7. The Hall–Kier alpha value is -9.34. The lowest BCUT2D eigenvalue weighted by Gasteiger charge is -2.38. The van der Waals surface area contributed by atoms with E-state index < -0.39 is 23.8 Å². The number of carbonyl (C=O) groups excluding carboxylic acids is 2. The van der Waals surface area contributed by atoms with Crippen LogP contribution in [0.3, 0.4) is 0 Å². The molecule has 0 saturated heterocycles. The minimum Gasteiger partial charge on any atom is -0.481 e. The van der Waals surface area contributed by atoms with Crippen molar-refractivity contribution < 1.29 is 35.5 Å². The van der Waals surface area contributed by atoms with E-state index in [1.54, 1.807) is 75.7 Å². The zero-order valence-electron chi connectivity index (χ0n) is 86.4. The molecule has 6 fully saturated rings. The predicted octanol–water partition coefficient (Wildman–Crippen LogP) is 21.5. The molecule has 6 aliphatic carbocycles. The third-order valence-corrected chi connectivity index (χ3v) is 35.7. The second-order valence-electron chi connectivity index (χ2n) is 44.0. The summed E-state index contributed by atoms with van der Waals surface area (Å²) >= 11 is 0. The molecule has 14 aliphatic heterocycles. The van der Waals surface area contributed by atoms with Gasteiger partial charge >= 0.3 is 11.9 Å². The number of nitrogens with one attached hydrogen (secondary N) is 8. The Kier molecular flexibility index (Phi) is 43.4. The van der Waals surface area contributed by atoms with Gasteiger partial charge in [-0.2, -0.15) is 0 Å². The number of para-hydroxylation sites is 8. The van der Waals surface area contributed by atoms with Crippen molar-refractivity contribution in [3.63, 3.8) is 0 Å². The van der Waals surface area contributed by atoms with Gasteiger partial charge in [-0.05, 0) is 238 Å². The molecule has 3 radical (unpaired) electrons. The van der Waals surface area contributed by atoms with Crippen LogP contribution in [0.4, 0.5) is 50.2 Å². The van der Waals surface area contributed by atoms with Crippen LogP contribution in [0.15, 0.2) is 158 Å². The van der Waals surface area contributed by atoms with Gasteiger partial charge in [-0.15, -0.1) is 37.2 Å². The number of carbonyl (C=O) groups is 4. The highest BCUT2D eigenvalue weighted by Crippen LogP contribution is 2.56. The molecule has 0 aromatic heterocycles. The second-order valence-corrected chi connectivity index (χ2v) is 44.0. The van der Waals surface area contributed by atoms with E-state index in [1.807, 2.05) is 21.9 Å². The molecule has 0 bridgehead atoms. The van der Waals surface area contributed by atoms with Gasteiger partial charge in [0.1, 0.15) is 0 Å². The monoisotopic (exact) mass is 2090 g/mol. The van der Waals surface area contributed by atoms with E-state index in [2.05, 4.69) is 218 Å². The Labute approximate surface area is 906 Å². The molecule has 8 aromatic rings. The average Bonchev–Trinajstić information content (AvgIpc) is 1.64. The fourth-order valence-electron chi connectivity index (χ4n) is 28.5. The molecule has 807 valence electrons. The highest BCUT2D eigenvalue weighted by Gasteiger charge is 2.45. The molecule has 6 saturated carbocycles. The molecule has 148 heavy (non-hydrogen) atoms. The van der Waals surface area contributed by atoms with Crippen LogP contribution in [0.2, 0.25) is 0 Å². The molecule has 14 atom stereocenters. The normalized spacial score (nSPS) is 25.1. The Bertz CT molecular complexity index is 5150. The predicted molar refractivity (Wildman–Crippen MR) is 621 cm³/mol. The summed E-state index contributed by atoms with van der Waals surface area (Å²) in [5, 5.41) is 44.4. The van der Waals surface area contributed by atoms with Crippen molar-refractivity contribution in [1.82, 2.24) is 41.7 Å². The SMILES string of the molecule is C.C.C.CC(=O)N1CCN2CC3CCCC3c3cccc(c32)C1.CC(=O)N1CCNc2ccccc2C1.C[C@@H](C(=O)O)[C@@H](C)C(=O)O.Cl.Cl.Cl.F.[2HH].[B].c1cc2c3c(c1)C1CCCC1CN3CCNC2.c1cc2c3c(c1)C1CCCC1CN3CCNC2.c1cc2c3c(c1)[C@H]1CCC[C@H]1CN3CCNC2.c1cc2c3c(c1)[C@H]1CCC[C@H]1CN3CCNC2.c1cc2c3c(c1)[C@H]1CCC[C@H]1CN3CCNC2.c1ccc2c(c1)CNCCN2. The fraction of sp³-hybridized carbons (Fsp3) is 0.570. The zero-order chi connectivity index (χ0) is 95.7. The van der Waals surface area contributed by atoms with Gasteiger partial charge in [0.05, 0.1) is 11.8 Å². The summed E-state index contributed by atoms with van der Waals surface area (Å²) < 4.78 is 0. The first-order valence-electron chi connectivity index (χ1n) is 54.7. The van der Waals surface area contributed by atoms with Crippen LogP contribution in [-0.4, -0.2) is 196 Å². The summed E-state index contributed by atoms with van der Waals surface area (Å²) in [7, 11) is 0. The zero-order valence-corrected chi connectivity index (χ0v) is 88.8. The molecular formula is C121H176BCl3FN16O6. The summed E-state index contributed by atoms with van der Waals surface area (Å²) in [6.45, 7) is 38.7. The molecular weight excluding hydrogens is 1910 g/mol. The van der Waals surface area contributed by atoms with Gasteiger partial charge in [-0.1, -0.05) is 220 Å².